The normalized spacial score (nSPS) is 13.7. The van der Waals surface area contributed by atoms with Crippen LogP contribution >= 0.6 is 11.3 Å². The number of hydrogen-bond donors (Lipinski definition) is 1. The number of thiophene rings is 1. The van der Waals surface area contributed by atoms with Crippen LogP contribution in [0.4, 0.5) is 11.4 Å². The Balaban J connectivity index is 1.73. The number of methoxy groups -OCH3 is 1. The Morgan fingerprint density at radius 1 is 0.968 bits per heavy atom. The summed E-state index contributed by atoms with van der Waals surface area (Å²) in [6.45, 7) is 2.58. The minimum Gasteiger partial charge on any atom is -0.497 e. The van der Waals surface area contributed by atoms with Crippen molar-refractivity contribution in [3.8, 4) is 11.5 Å². The fourth-order valence-corrected chi connectivity index (χ4v) is 4.08. The molecule has 0 bridgehead atoms. The van der Waals surface area contributed by atoms with Gasteiger partial charge in [-0.3, -0.25) is 9.59 Å². The number of hydrogen-bond acceptors (Lipinski definition) is 6. The van der Waals surface area contributed by atoms with Crippen molar-refractivity contribution in [1.29, 1.82) is 0 Å². The van der Waals surface area contributed by atoms with Gasteiger partial charge in [-0.15, -0.1) is 11.3 Å². The molecule has 7 heteroatoms. The largest absolute Gasteiger partial charge is 0.497 e. The number of carbonyl (C=O) groups excluding carboxylic acids is 2. The van der Waals surface area contributed by atoms with Crippen molar-refractivity contribution in [1.82, 2.24) is 0 Å². The summed E-state index contributed by atoms with van der Waals surface area (Å²) in [4.78, 5) is 28.8. The highest BCUT2D eigenvalue weighted by Gasteiger charge is 2.40. The van der Waals surface area contributed by atoms with Gasteiger partial charge in [-0.2, -0.15) is 0 Å². The zero-order valence-corrected chi connectivity index (χ0v) is 18.1. The molecule has 0 spiro atoms. The van der Waals surface area contributed by atoms with Crippen molar-refractivity contribution in [2.75, 3.05) is 23.9 Å². The molecular weight excluding hydrogens is 412 g/mol. The van der Waals surface area contributed by atoms with E-state index in [1.54, 1.807) is 31.4 Å². The van der Waals surface area contributed by atoms with E-state index < -0.39 is 5.91 Å². The van der Waals surface area contributed by atoms with Crippen LogP contribution in [0.15, 0.2) is 71.7 Å². The number of anilines is 2. The zero-order valence-electron chi connectivity index (χ0n) is 17.3. The highest BCUT2D eigenvalue weighted by molar-refractivity contribution is 7.11. The summed E-state index contributed by atoms with van der Waals surface area (Å²) in [5, 5.41) is 5.03. The molecule has 0 saturated heterocycles. The Kier molecular flexibility index (Phi) is 6.04. The van der Waals surface area contributed by atoms with Crippen LogP contribution in [0.1, 0.15) is 18.2 Å². The predicted molar refractivity (Wildman–Crippen MR) is 123 cm³/mol. The third kappa shape index (κ3) is 4.18. The van der Waals surface area contributed by atoms with E-state index in [1.807, 2.05) is 48.7 Å². The monoisotopic (exact) mass is 434 g/mol. The summed E-state index contributed by atoms with van der Waals surface area (Å²) < 4.78 is 11.0. The Bertz CT molecular complexity index is 1140. The van der Waals surface area contributed by atoms with Gasteiger partial charge in [-0.05, 0) is 42.1 Å². The Morgan fingerprint density at radius 2 is 1.77 bits per heavy atom. The second-order valence-electron chi connectivity index (χ2n) is 6.88. The van der Waals surface area contributed by atoms with Crippen molar-refractivity contribution < 1.29 is 19.1 Å². The fraction of sp³-hybridized carbons (Fsp3) is 0.167. The summed E-state index contributed by atoms with van der Waals surface area (Å²) >= 11 is 1.41. The highest BCUT2D eigenvalue weighted by atomic mass is 32.1. The van der Waals surface area contributed by atoms with Gasteiger partial charge in [0, 0.05) is 22.7 Å². The second-order valence-corrected chi connectivity index (χ2v) is 7.82. The molecule has 4 rings (SSSR count). The summed E-state index contributed by atoms with van der Waals surface area (Å²) in [6.07, 6.45) is 0.866. The third-order valence-corrected chi connectivity index (χ3v) is 5.63. The zero-order chi connectivity index (χ0) is 21.8. The lowest BCUT2D eigenvalue weighted by Crippen LogP contribution is -2.32. The second kappa shape index (κ2) is 9.06. The van der Waals surface area contributed by atoms with E-state index in [2.05, 4.69) is 5.32 Å². The lowest BCUT2D eigenvalue weighted by Gasteiger charge is -2.16. The first kappa shape index (κ1) is 20.7. The van der Waals surface area contributed by atoms with Crippen LogP contribution in [0.2, 0.25) is 0 Å². The molecule has 31 heavy (non-hydrogen) atoms. The quantitative estimate of drug-likeness (QED) is 0.509. The number of nitrogens with one attached hydrogen (secondary N) is 1. The van der Waals surface area contributed by atoms with Gasteiger partial charge in [0.15, 0.2) is 0 Å². The van der Waals surface area contributed by atoms with Crippen molar-refractivity contribution in [2.24, 2.45) is 0 Å². The van der Waals surface area contributed by atoms with E-state index in [0.717, 1.165) is 11.3 Å². The van der Waals surface area contributed by atoms with Crippen LogP contribution in [-0.4, -0.2) is 25.5 Å². The average Bonchev–Trinajstić information content (AvgIpc) is 3.39. The summed E-state index contributed by atoms with van der Waals surface area (Å²) in [7, 11) is 1.58. The van der Waals surface area contributed by atoms with Crippen LogP contribution in [-0.2, 0) is 9.59 Å². The van der Waals surface area contributed by atoms with E-state index in [1.165, 1.54) is 16.2 Å². The van der Waals surface area contributed by atoms with Gasteiger partial charge in [0.2, 0.25) is 0 Å². The Labute approximate surface area is 184 Å². The van der Waals surface area contributed by atoms with Crippen LogP contribution in [0, 0.1) is 0 Å². The van der Waals surface area contributed by atoms with E-state index in [4.69, 9.17) is 9.47 Å². The summed E-state index contributed by atoms with van der Waals surface area (Å²) in [5.41, 5.74) is 1.72. The van der Waals surface area contributed by atoms with E-state index in [-0.39, 0.29) is 11.6 Å². The summed E-state index contributed by atoms with van der Waals surface area (Å²) in [5.74, 6) is 0.485. The molecule has 2 heterocycles. The predicted octanol–water partition coefficient (Wildman–Crippen LogP) is 4.94. The molecule has 0 radical (unpaired) electrons. The molecule has 1 aliphatic rings. The van der Waals surface area contributed by atoms with E-state index in [0.29, 0.717) is 35.1 Å². The van der Waals surface area contributed by atoms with Crippen molar-refractivity contribution in [3.63, 3.8) is 0 Å². The average molecular weight is 435 g/mol. The molecular formula is C24H22N2O4S. The van der Waals surface area contributed by atoms with Gasteiger partial charge >= 0.3 is 0 Å². The first-order valence-corrected chi connectivity index (χ1v) is 10.8. The van der Waals surface area contributed by atoms with Crippen LogP contribution in [0.5, 0.6) is 11.5 Å². The maximum Gasteiger partial charge on any atom is 0.282 e. The number of ether oxygens (including phenoxy) is 2. The molecule has 0 fully saturated rings. The standard InChI is InChI=1S/C24H22N2O4S/c1-3-12-30-19-10-5-8-17(15-19)26-23(27)21(20-11-6-13-31-20)22(24(26)28)25-16-7-4-9-18(14-16)29-2/h4-11,13-15,25H,3,12H2,1-2H3. The molecule has 2 amide bonds. The van der Waals surface area contributed by atoms with Crippen LogP contribution in [0.25, 0.3) is 5.57 Å². The smallest absolute Gasteiger partial charge is 0.282 e. The van der Waals surface area contributed by atoms with Crippen molar-refractivity contribution >= 4 is 40.1 Å². The molecule has 158 valence electrons. The maximum absolute atomic E-state index is 13.4. The molecule has 2 aromatic carbocycles. The fourth-order valence-electron chi connectivity index (χ4n) is 3.31. The lowest BCUT2D eigenvalue weighted by molar-refractivity contribution is -0.120. The third-order valence-electron chi connectivity index (χ3n) is 4.74. The first-order chi connectivity index (χ1) is 15.1. The maximum atomic E-state index is 13.4. The van der Waals surface area contributed by atoms with Gasteiger partial charge in [0.05, 0.1) is 25.0 Å². The summed E-state index contributed by atoms with van der Waals surface area (Å²) in [6, 6.07) is 18.0. The number of benzene rings is 2. The number of amides is 2. The van der Waals surface area contributed by atoms with Crippen molar-refractivity contribution in [3.05, 3.63) is 76.6 Å². The van der Waals surface area contributed by atoms with Gasteiger partial charge in [-0.1, -0.05) is 25.1 Å². The van der Waals surface area contributed by atoms with E-state index in [9.17, 15) is 9.59 Å². The highest BCUT2D eigenvalue weighted by Crippen LogP contribution is 2.36. The molecule has 0 atom stereocenters. The number of carbonyl (C=O) groups is 2. The molecule has 1 N–H and O–H groups in total. The number of imide groups is 1. The van der Waals surface area contributed by atoms with Crippen LogP contribution in [0.3, 0.4) is 0 Å². The molecule has 6 nitrogen and oxygen atoms in total. The first-order valence-electron chi connectivity index (χ1n) is 9.93. The molecule has 1 aromatic heterocycles. The number of nitrogens with zero attached hydrogens (tertiary/aromatic N) is 1. The Morgan fingerprint density at radius 3 is 2.52 bits per heavy atom. The van der Waals surface area contributed by atoms with Gasteiger partial charge in [-0.25, -0.2) is 4.90 Å². The van der Waals surface area contributed by atoms with Gasteiger partial charge in [0.1, 0.15) is 17.2 Å². The molecule has 0 saturated carbocycles. The van der Waals surface area contributed by atoms with Gasteiger partial charge < -0.3 is 14.8 Å². The lowest BCUT2D eigenvalue weighted by atomic mass is 10.2. The number of rotatable bonds is 8. The molecule has 0 unspecified atom stereocenters. The van der Waals surface area contributed by atoms with Crippen LogP contribution < -0.4 is 19.7 Å². The minimum absolute atomic E-state index is 0.237. The molecule has 0 aliphatic carbocycles. The van der Waals surface area contributed by atoms with Crippen molar-refractivity contribution in [2.45, 2.75) is 13.3 Å². The topological polar surface area (TPSA) is 67.9 Å². The SMILES string of the molecule is CCCOc1cccc(N2C(=O)C(Nc3cccc(OC)c3)=C(c3cccs3)C2=O)c1. The Hall–Kier alpha value is -3.58. The van der Waals surface area contributed by atoms with E-state index >= 15 is 0 Å². The minimum atomic E-state index is -0.413. The van der Waals surface area contributed by atoms with Gasteiger partial charge in [0.25, 0.3) is 11.8 Å². The molecule has 1 aliphatic heterocycles. The molecule has 3 aromatic rings.